The van der Waals surface area contributed by atoms with Crippen LogP contribution in [0.4, 0.5) is 10.2 Å². The van der Waals surface area contributed by atoms with Crippen molar-refractivity contribution in [3.8, 4) is 11.3 Å². The molecule has 0 N–H and O–H groups in total. The van der Waals surface area contributed by atoms with Crippen LogP contribution in [0.5, 0.6) is 0 Å². The van der Waals surface area contributed by atoms with Gasteiger partial charge in [-0.25, -0.2) is 9.37 Å². The molecule has 1 fully saturated rings. The number of fused-ring (bicyclic) bond motifs is 1. The molecular formula is C21H17FN4O. The van der Waals surface area contributed by atoms with Gasteiger partial charge >= 0.3 is 0 Å². The van der Waals surface area contributed by atoms with Crippen molar-refractivity contribution >= 4 is 16.9 Å². The summed E-state index contributed by atoms with van der Waals surface area (Å²) < 4.78 is 18.7. The normalized spacial score (nSPS) is 16.9. The van der Waals surface area contributed by atoms with Gasteiger partial charge in [0.1, 0.15) is 29.0 Å². The minimum absolute atomic E-state index is 0.284. The molecule has 4 aromatic rings. The van der Waals surface area contributed by atoms with Gasteiger partial charge in [0.2, 0.25) is 0 Å². The SMILES string of the molecule is Fc1ccc(-c2noc3ncnc(N4CC[C@@H](c5ccccc5)C4)c23)cc1. The highest BCUT2D eigenvalue weighted by Gasteiger charge is 2.28. The molecule has 1 saturated heterocycles. The fraction of sp³-hybridized carbons (Fsp3) is 0.190. The third-order valence-corrected chi connectivity index (χ3v) is 5.13. The fourth-order valence-electron chi connectivity index (χ4n) is 3.77. The molecule has 5 rings (SSSR count). The van der Waals surface area contributed by atoms with E-state index in [9.17, 15) is 4.39 Å². The molecule has 0 saturated carbocycles. The summed E-state index contributed by atoms with van der Waals surface area (Å²) in [5.41, 5.74) is 3.21. The van der Waals surface area contributed by atoms with E-state index < -0.39 is 0 Å². The Hall–Kier alpha value is -3.28. The zero-order chi connectivity index (χ0) is 18.2. The van der Waals surface area contributed by atoms with E-state index in [1.54, 1.807) is 12.1 Å². The molecule has 0 bridgehead atoms. The van der Waals surface area contributed by atoms with E-state index in [0.717, 1.165) is 36.3 Å². The molecular weight excluding hydrogens is 343 g/mol. The third kappa shape index (κ3) is 2.83. The van der Waals surface area contributed by atoms with Crippen molar-refractivity contribution in [2.75, 3.05) is 18.0 Å². The standard InChI is InChI=1S/C21H17FN4O/c22-17-8-6-15(7-9-17)19-18-20(23-13-24-21(18)27-25-19)26-11-10-16(12-26)14-4-2-1-3-5-14/h1-9,13,16H,10-12H2/t16-/m1/s1. The first-order chi connectivity index (χ1) is 13.3. The summed E-state index contributed by atoms with van der Waals surface area (Å²) >= 11 is 0. The van der Waals surface area contributed by atoms with Crippen molar-refractivity contribution < 1.29 is 8.91 Å². The molecule has 1 atom stereocenters. The van der Waals surface area contributed by atoms with E-state index in [2.05, 4.69) is 44.3 Å². The number of nitrogens with zero attached hydrogens (tertiary/aromatic N) is 4. The topological polar surface area (TPSA) is 55.1 Å². The number of aromatic nitrogens is 3. The second kappa shape index (κ2) is 6.46. The highest BCUT2D eigenvalue weighted by Crippen LogP contribution is 2.37. The molecule has 134 valence electrons. The minimum atomic E-state index is -0.284. The van der Waals surface area contributed by atoms with Crippen LogP contribution < -0.4 is 4.90 Å². The molecule has 1 aliphatic heterocycles. The average Bonchev–Trinajstić information content (AvgIpc) is 3.37. The van der Waals surface area contributed by atoms with Crippen molar-refractivity contribution in [1.29, 1.82) is 0 Å². The molecule has 2 aromatic carbocycles. The Balaban J connectivity index is 1.54. The zero-order valence-electron chi connectivity index (χ0n) is 14.5. The molecule has 6 heteroatoms. The molecule has 1 aliphatic rings. The average molecular weight is 360 g/mol. The summed E-state index contributed by atoms with van der Waals surface area (Å²) in [6.07, 6.45) is 2.57. The molecule has 0 radical (unpaired) electrons. The summed E-state index contributed by atoms with van der Waals surface area (Å²) in [5.74, 6) is 0.998. The van der Waals surface area contributed by atoms with Crippen LogP contribution in [0.1, 0.15) is 17.9 Å². The van der Waals surface area contributed by atoms with Crippen molar-refractivity contribution in [3.05, 3.63) is 72.3 Å². The first kappa shape index (κ1) is 15.9. The van der Waals surface area contributed by atoms with E-state index >= 15 is 0 Å². The van der Waals surface area contributed by atoms with Gasteiger partial charge in [-0.15, -0.1) is 0 Å². The van der Waals surface area contributed by atoms with Gasteiger partial charge in [0.05, 0.1) is 0 Å². The number of benzene rings is 2. The quantitative estimate of drug-likeness (QED) is 0.541. The van der Waals surface area contributed by atoms with Gasteiger partial charge in [0.25, 0.3) is 5.71 Å². The van der Waals surface area contributed by atoms with Gasteiger partial charge in [0, 0.05) is 24.6 Å². The summed E-state index contributed by atoms with van der Waals surface area (Å²) in [7, 11) is 0. The Morgan fingerprint density at radius 2 is 1.81 bits per heavy atom. The van der Waals surface area contributed by atoms with E-state index in [1.807, 2.05) is 6.07 Å². The maximum atomic E-state index is 13.3. The summed E-state index contributed by atoms with van der Waals surface area (Å²) in [6, 6.07) is 16.8. The lowest BCUT2D eigenvalue weighted by atomic mass is 9.99. The van der Waals surface area contributed by atoms with Gasteiger partial charge in [-0.05, 0) is 36.2 Å². The van der Waals surface area contributed by atoms with E-state index in [4.69, 9.17) is 4.52 Å². The fourth-order valence-corrected chi connectivity index (χ4v) is 3.77. The Labute approximate surface area is 155 Å². The van der Waals surface area contributed by atoms with Gasteiger partial charge < -0.3 is 9.42 Å². The van der Waals surface area contributed by atoms with Crippen molar-refractivity contribution in [2.45, 2.75) is 12.3 Å². The van der Waals surface area contributed by atoms with E-state index in [0.29, 0.717) is 17.3 Å². The van der Waals surface area contributed by atoms with Crippen LogP contribution in [-0.2, 0) is 0 Å². The molecule has 5 nitrogen and oxygen atoms in total. The maximum absolute atomic E-state index is 13.3. The Morgan fingerprint density at radius 3 is 2.63 bits per heavy atom. The Kier molecular flexibility index (Phi) is 3.81. The van der Waals surface area contributed by atoms with Gasteiger partial charge in [0.15, 0.2) is 0 Å². The lowest BCUT2D eigenvalue weighted by molar-refractivity contribution is 0.451. The minimum Gasteiger partial charge on any atom is -0.355 e. The van der Waals surface area contributed by atoms with Gasteiger partial charge in [-0.1, -0.05) is 35.5 Å². The molecule has 3 heterocycles. The van der Waals surface area contributed by atoms with Crippen LogP contribution >= 0.6 is 0 Å². The zero-order valence-corrected chi connectivity index (χ0v) is 14.5. The summed E-state index contributed by atoms with van der Waals surface area (Å²) in [6.45, 7) is 1.78. The molecule has 0 unspecified atom stereocenters. The monoisotopic (exact) mass is 360 g/mol. The number of hydrogen-bond donors (Lipinski definition) is 0. The summed E-state index contributed by atoms with van der Waals surface area (Å²) in [4.78, 5) is 11.0. The molecule has 0 aliphatic carbocycles. The van der Waals surface area contributed by atoms with Crippen LogP contribution in [0.15, 0.2) is 65.4 Å². The van der Waals surface area contributed by atoms with Crippen LogP contribution in [0, 0.1) is 5.82 Å². The Morgan fingerprint density at radius 1 is 1.00 bits per heavy atom. The lowest BCUT2D eigenvalue weighted by Gasteiger charge is -2.18. The maximum Gasteiger partial charge on any atom is 0.263 e. The highest BCUT2D eigenvalue weighted by molar-refractivity contribution is 5.97. The lowest BCUT2D eigenvalue weighted by Crippen LogP contribution is -2.20. The van der Waals surface area contributed by atoms with Gasteiger partial charge in [-0.3, -0.25) is 0 Å². The van der Waals surface area contributed by atoms with Crippen LogP contribution in [0.3, 0.4) is 0 Å². The Bertz CT molecular complexity index is 1080. The first-order valence-corrected chi connectivity index (χ1v) is 8.96. The van der Waals surface area contributed by atoms with Crippen LogP contribution in [0.25, 0.3) is 22.4 Å². The highest BCUT2D eigenvalue weighted by atomic mass is 19.1. The van der Waals surface area contributed by atoms with Crippen LogP contribution in [-0.4, -0.2) is 28.2 Å². The molecule has 2 aromatic heterocycles. The smallest absolute Gasteiger partial charge is 0.263 e. The predicted octanol–water partition coefficient (Wildman–Crippen LogP) is 4.42. The number of anilines is 1. The van der Waals surface area contributed by atoms with Crippen molar-refractivity contribution in [1.82, 2.24) is 15.1 Å². The first-order valence-electron chi connectivity index (χ1n) is 8.96. The summed E-state index contributed by atoms with van der Waals surface area (Å²) in [5, 5.41) is 4.95. The largest absolute Gasteiger partial charge is 0.355 e. The number of hydrogen-bond acceptors (Lipinski definition) is 5. The van der Waals surface area contributed by atoms with Crippen LogP contribution in [0.2, 0.25) is 0 Å². The number of halogens is 1. The third-order valence-electron chi connectivity index (χ3n) is 5.13. The second-order valence-electron chi connectivity index (χ2n) is 6.76. The van der Waals surface area contributed by atoms with Gasteiger partial charge in [-0.2, -0.15) is 4.98 Å². The molecule has 27 heavy (non-hydrogen) atoms. The van der Waals surface area contributed by atoms with E-state index in [-0.39, 0.29) is 5.82 Å². The predicted molar refractivity (Wildman–Crippen MR) is 101 cm³/mol. The van der Waals surface area contributed by atoms with Crippen molar-refractivity contribution in [3.63, 3.8) is 0 Å². The van der Waals surface area contributed by atoms with E-state index in [1.165, 1.54) is 24.0 Å². The molecule has 0 spiro atoms. The molecule has 0 amide bonds. The van der Waals surface area contributed by atoms with Crippen molar-refractivity contribution in [2.24, 2.45) is 0 Å². The second-order valence-corrected chi connectivity index (χ2v) is 6.76. The number of rotatable bonds is 3.